The van der Waals surface area contributed by atoms with Gasteiger partial charge in [-0.1, -0.05) is 0 Å². The van der Waals surface area contributed by atoms with Crippen LogP contribution in [-0.4, -0.2) is 14.1 Å². The zero-order valence-electron chi connectivity index (χ0n) is 3.03. The Morgan fingerprint density at radius 2 is 1.57 bits per heavy atom. The maximum absolute atomic E-state index is 9.36. The van der Waals surface area contributed by atoms with Gasteiger partial charge >= 0.3 is 39.8 Å². The van der Waals surface area contributed by atoms with Gasteiger partial charge in [0, 0.05) is 0 Å². The van der Waals surface area contributed by atoms with Gasteiger partial charge in [-0.3, -0.25) is 0 Å². The summed E-state index contributed by atoms with van der Waals surface area (Å²) in [6, 6.07) is 0. The van der Waals surface area contributed by atoms with E-state index < -0.39 is 18.1 Å². The van der Waals surface area contributed by atoms with Crippen molar-refractivity contribution >= 4 is 4.83 Å². The zero-order valence-corrected chi connectivity index (χ0v) is 4.30. The van der Waals surface area contributed by atoms with Gasteiger partial charge < -0.3 is 0 Å². The van der Waals surface area contributed by atoms with E-state index in [-0.39, 0.29) is 0 Å². The molecule has 0 aliphatic heterocycles. The standard InChI is InChI=1S/CHO2.Cr.H2O.2O/c2-1-3;;;;/h(H,2,3);;1H2;;/q;+1;;;/p-1. The van der Waals surface area contributed by atoms with Crippen molar-refractivity contribution in [3.8, 4) is 0 Å². The molecule has 0 aliphatic carbocycles. The molecule has 0 spiro atoms. The summed E-state index contributed by atoms with van der Waals surface area (Å²) in [4.78, 5) is 7.06. The Morgan fingerprint density at radius 1 is 1.43 bits per heavy atom. The van der Waals surface area contributed by atoms with Crippen molar-refractivity contribution in [2.75, 3.05) is 0 Å². The summed E-state index contributed by atoms with van der Waals surface area (Å²) < 4.78 is 26.3. The molecule has 0 aliphatic rings. The number of hydrogen-bond donors (Lipinski definition) is 2. The van der Waals surface area contributed by atoms with E-state index in [1.807, 2.05) is 0 Å². The molecule has 0 aromatic heterocycles. The van der Waals surface area contributed by atoms with E-state index in [9.17, 15) is 12.4 Å². The Labute approximate surface area is 40.6 Å². The number of hydrogen-bond acceptors (Lipinski definition) is 3. The summed E-state index contributed by atoms with van der Waals surface area (Å²) in [6.07, 6.45) is 0. The molecular weight excluding hydrogens is 144 g/mol. The first kappa shape index (κ1) is 6.56. The van der Waals surface area contributed by atoms with Gasteiger partial charge in [0.25, 0.3) is 0 Å². The molecule has 0 aromatic carbocycles. The number of carbonyl (C=O) groups is 1. The van der Waals surface area contributed by atoms with Crippen LogP contribution in [0.5, 0.6) is 0 Å². The van der Waals surface area contributed by atoms with Crippen molar-refractivity contribution in [1.82, 2.24) is 0 Å². The Balaban J connectivity index is 4.43. The van der Waals surface area contributed by atoms with Gasteiger partial charge in [-0.2, -0.15) is 0 Å². The molecule has 0 heterocycles. The molecule has 0 saturated carbocycles. The van der Waals surface area contributed by atoms with Crippen molar-refractivity contribution in [2.45, 2.75) is 0 Å². The Morgan fingerprint density at radius 3 is 1.57 bits per heavy atom. The van der Waals surface area contributed by atoms with Gasteiger partial charge in [-0.05, 0) is 0 Å². The Hall–Kier alpha value is -0.438. The monoisotopic (exact) mass is 146 g/mol. The van der Waals surface area contributed by atoms with Gasteiger partial charge in [0.2, 0.25) is 0 Å². The minimum absolute atomic E-state index is 2.16. The van der Waals surface area contributed by atoms with Crippen LogP contribution in [0.15, 0.2) is 0 Å². The third kappa shape index (κ3) is 2.28. The van der Waals surface area contributed by atoms with E-state index in [1.165, 1.54) is 0 Å². The second-order valence-electron chi connectivity index (χ2n) is 0.741. The first-order valence-corrected chi connectivity index (χ1v) is 3.40. The number of rotatable bonds is 1. The van der Waals surface area contributed by atoms with E-state index in [0.717, 1.165) is 0 Å². The van der Waals surface area contributed by atoms with Crippen molar-refractivity contribution in [3.63, 3.8) is 0 Å². The second kappa shape index (κ2) is 1.58. The summed E-state index contributed by atoms with van der Waals surface area (Å²) in [5, 5.41) is 7.44. The van der Waals surface area contributed by atoms with Crippen molar-refractivity contribution < 1.29 is 34.9 Å². The molecular formula is CH2CrO5. The SMILES string of the molecule is O=[C](O)[Cr](=[O])(=[O])[OH]. The van der Waals surface area contributed by atoms with E-state index in [4.69, 9.17) is 9.26 Å². The summed E-state index contributed by atoms with van der Waals surface area (Å²) in [5.74, 6) is 0. The fraction of sp³-hybridized carbons (Fsp3) is 0. The van der Waals surface area contributed by atoms with E-state index in [1.54, 1.807) is 0 Å². The fourth-order valence-electron chi connectivity index (χ4n) is 0. The molecule has 7 heavy (non-hydrogen) atoms. The van der Waals surface area contributed by atoms with Gasteiger partial charge in [-0.25, -0.2) is 0 Å². The van der Waals surface area contributed by atoms with Crippen LogP contribution >= 0.6 is 0 Å². The first-order chi connectivity index (χ1) is 2.94. The summed E-state index contributed by atoms with van der Waals surface area (Å²) >= 11 is -5.47. The third-order valence-corrected chi connectivity index (χ3v) is 0.910. The third-order valence-electron chi connectivity index (χ3n) is 0.221. The van der Waals surface area contributed by atoms with Crippen molar-refractivity contribution in [1.29, 1.82) is 0 Å². The van der Waals surface area contributed by atoms with Crippen LogP contribution in [0.1, 0.15) is 0 Å². The molecule has 0 radical (unpaired) electrons. The van der Waals surface area contributed by atoms with Gasteiger partial charge in [0.1, 0.15) is 0 Å². The quantitative estimate of drug-likeness (QED) is 0.516. The van der Waals surface area contributed by atoms with Crippen LogP contribution in [0.3, 0.4) is 0 Å². The average molecular weight is 146 g/mol. The molecule has 0 fully saturated rings. The molecule has 2 N–H and O–H groups in total. The molecule has 0 rings (SSSR count). The summed E-state index contributed by atoms with van der Waals surface area (Å²) in [5.41, 5.74) is 0. The molecule has 0 amide bonds. The van der Waals surface area contributed by atoms with E-state index in [0.29, 0.717) is 0 Å². The minimum atomic E-state index is -5.47. The molecule has 5 nitrogen and oxygen atoms in total. The van der Waals surface area contributed by atoms with Crippen LogP contribution in [0.4, 0.5) is 4.79 Å². The molecule has 0 bridgehead atoms. The van der Waals surface area contributed by atoms with Crippen LogP contribution < -0.4 is 0 Å². The van der Waals surface area contributed by atoms with Crippen molar-refractivity contribution in [3.05, 3.63) is 0 Å². The predicted octanol–water partition coefficient (Wildman–Crippen LogP) is -0.583. The molecule has 0 saturated heterocycles. The fourth-order valence-corrected chi connectivity index (χ4v) is 0. The van der Waals surface area contributed by atoms with Gasteiger partial charge in [0.15, 0.2) is 0 Å². The van der Waals surface area contributed by atoms with Crippen LogP contribution in [-0.2, 0) is 20.9 Å². The molecule has 42 valence electrons. The molecule has 0 atom stereocenters. The van der Waals surface area contributed by atoms with Crippen LogP contribution in [0.25, 0.3) is 0 Å². The first-order valence-electron chi connectivity index (χ1n) is 1.15. The Bertz CT molecular complexity index is 163. The van der Waals surface area contributed by atoms with Crippen LogP contribution in [0.2, 0.25) is 0 Å². The van der Waals surface area contributed by atoms with E-state index >= 15 is 0 Å². The Kier molecular flexibility index (Phi) is 1.48. The molecule has 0 unspecified atom stereocenters. The zero-order chi connectivity index (χ0) is 6.08. The number of carboxylic acid groups (broad SMARTS) is 1. The summed E-state index contributed by atoms with van der Waals surface area (Å²) in [7, 11) is 0. The van der Waals surface area contributed by atoms with Crippen LogP contribution in [0, 0.1) is 0 Å². The molecule has 0 aromatic rings. The predicted molar refractivity (Wildman–Crippen MR) is 11.6 cm³/mol. The normalized spacial score (nSPS) is 11.0. The topological polar surface area (TPSA) is 91.7 Å². The van der Waals surface area contributed by atoms with E-state index in [2.05, 4.69) is 0 Å². The second-order valence-corrected chi connectivity index (χ2v) is 2.77. The van der Waals surface area contributed by atoms with Gasteiger partial charge in [-0.15, -0.1) is 0 Å². The molecule has 6 heteroatoms. The summed E-state index contributed by atoms with van der Waals surface area (Å²) in [6.45, 7) is 0. The van der Waals surface area contributed by atoms with Crippen molar-refractivity contribution in [2.24, 2.45) is 0 Å². The average Bonchev–Trinajstić information content (AvgIpc) is 1.31. The maximum atomic E-state index is 9.36. The van der Waals surface area contributed by atoms with Gasteiger partial charge in [0.05, 0.1) is 0 Å².